The first-order valence-corrected chi connectivity index (χ1v) is 6.33. The van der Waals surface area contributed by atoms with E-state index in [-0.39, 0.29) is 22.8 Å². The second-order valence-electron chi connectivity index (χ2n) is 4.63. The van der Waals surface area contributed by atoms with Crippen LogP contribution in [0.2, 0.25) is 10.3 Å². The molecule has 0 radical (unpaired) electrons. The van der Waals surface area contributed by atoms with Crippen molar-refractivity contribution in [3.8, 4) is 0 Å². The average Bonchev–Trinajstić information content (AvgIpc) is 2.22. The van der Waals surface area contributed by atoms with Gasteiger partial charge in [0, 0.05) is 18.7 Å². The number of pyridine rings is 1. The van der Waals surface area contributed by atoms with Gasteiger partial charge in [0.2, 0.25) is 0 Å². The number of likely N-dealkylation sites (N-methyl/N-ethyl adjacent to an activating group) is 1. The number of rotatable bonds is 4. The van der Waals surface area contributed by atoms with Crippen LogP contribution in [0.5, 0.6) is 0 Å². The topological polar surface area (TPSA) is 53.4 Å². The molecule has 1 rings (SSSR count). The molecule has 1 aromatic heterocycles. The van der Waals surface area contributed by atoms with Crippen LogP contribution in [-0.4, -0.2) is 39.6 Å². The molecule has 1 heterocycles. The van der Waals surface area contributed by atoms with E-state index in [9.17, 15) is 9.90 Å². The standard InChI is InChI=1S/C12H16Cl2N2O2/c1-4-16(7-12(2,3)18)11(17)8-5-9(13)15-10(14)6-8/h5-6,18H,4,7H2,1-3H3. The van der Waals surface area contributed by atoms with E-state index in [2.05, 4.69) is 4.98 Å². The first-order valence-electron chi connectivity index (χ1n) is 5.57. The normalized spacial score (nSPS) is 11.4. The van der Waals surface area contributed by atoms with Crippen molar-refractivity contribution in [2.45, 2.75) is 26.4 Å². The molecular weight excluding hydrogens is 275 g/mol. The summed E-state index contributed by atoms with van der Waals surface area (Å²) in [7, 11) is 0. The highest BCUT2D eigenvalue weighted by atomic mass is 35.5. The Balaban J connectivity index is 2.96. The van der Waals surface area contributed by atoms with Gasteiger partial charge in [-0.1, -0.05) is 23.2 Å². The van der Waals surface area contributed by atoms with Gasteiger partial charge >= 0.3 is 0 Å². The lowest BCUT2D eigenvalue weighted by Gasteiger charge is -2.28. The maximum atomic E-state index is 12.2. The minimum Gasteiger partial charge on any atom is -0.389 e. The van der Waals surface area contributed by atoms with E-state index in [1.807, 2.05) is 6.92 Å². The highest BCUT2D eigenvalue weighted by Crippen LogP contribution is 2.17. The molecule has 0 bridgehead atoms. The third-order valence-electron chi connectivity index (χ3n) is 2.26. The molecule has 0 saturated heterocycles. The number of nitrogens with zero attached hydrogens (tertiary/aromatic N) is 2. The zero-order chi connectivity index (χ0) is 13.9. The minimum atomic E-state index is -0.952. The summed E-state index contributed by atoms with van der Waals surface area (Å²) in [6.07, 6.45) is 0. The van der Waals surface area contributed by atoms with Crippen molar-refractivity contribution in [1.29, 1.82) is 0 Å². The van der Waals surface area contributed by atoms with Gasteiger partial charge in [-0.15, -0.1) is 0 Å². The molecule has 1 N–H and O–H groups in total. The molecule has 0 atom stereocenters. The Morgan fingerprint density at radius 2 is 1.89 bits per heavy atom. The zero-order valence-electron chi connectivity index (χ0n) is 10.6. The summed E-state index contributed by atoms with van der Waals surface area (Å²) in [5.74, 6) is -0.231. The van der Waals surface area contributed by atoms with E-state index in [1.54, 1.807) is 13.8 Å². The maximum Gasteiger partial charge on any atom is 0.254 e. The molecule has 0 unspecified atom stereocenters. The summed E-state index contributed by atoms with van der Waals surface area (Å²) in [6.45, 7) is 5.86. The molecular formula is C12H16Cl2N2O2. The number of aromatic nitrogens is 1. The second-order valence-corrected chi connectivity index (χ2v) is 5.41. The van der Waals surface area contributed by atoms with Crippen LogP contribution in [-0.2, 0) is 0 Å². The predicted octanol–water partition coefficient (Wildman–Crippen LogP) is 2.62. The molecule has 18 heavy (non-hydrogen) atoms. The van der Waals surface area contributed by atoms with Gasteiger partial charge in [-0.25, -0.2) is 4.98 Å². The smallest absolute Gasteiger partial charge is 0.254 e. The molecule has 0 spiro atoms. The number of carbonyl (C=O) groups excluding carboxylic acids is 1. The van der Waals surface area contributed by atoms with Gasteiger partial charge < -0.3 is 10.0 Å². The summed E-state index contributed by atoms with van der Waals surface area (Å²) in [6, 6.07) is 2.92. The third kappa shape index (κ3) is 4.44. The SMILES string of the molecule is CCN(CC(C)(C)O)C(=O)c1cc(Cl)nc(Cl)c1. The van der Waals surface area contributed by atoms with Crippen LogP contribution >= 0.6 is 23.2 Å². The van der Waals surface area contributed by atoms with E-state index in [1.165, 1.54) is 17.0 Å². The molecule has 6 heteroatoms. The fourth-order valence-electron chi connectivity index (χ4n) is 1.57. The van der Waals surface area contributed by atoms with Crippen LogP contribution in [0.1, 0.15) is 31.1 Å². The molecule has 1 aromatic rings. The predicted molar refractivity (Wildman–Crippen MR) is 72.1 cm³/mol. The lowest BCUT2D eigenvalue weighted by Crippen LogP contribution is -2.42. The summed E-state index contributed by atoms with van der Waals surface area (Å²) < 4.78 is 0. The van der Waals surface area contributed by atoms with Gasteiger partial charge in [0.25, 0.3) is 5.91 Å². The van der Waals surface area contributed by atoms with Crippen molar-refractivity contribution in [2.75, 3.05) is 13.1 Å². The minimum absolute atomic E-state index is 0.171. The second kappa shape index (κ2) is 5.87. The quantitative estimate of drug-likeness (QED) is 0.868. The Bertz CT molecular complexity index is 424. The maximum absolute atomic E-state index is 12.2. The Hall–Kier alpha value is -0.840. The molecule has 0 aromatic carbocycles. The van der Waals surface area contributed by atoms with Gasteiger partial charge in [-0.05, 0) is 32.9 Å². The largest absolute Gasteiger partial charge is 0.389 e. The van der Waals surface area contributed by atoms with E-state index in [4.69, 9.17) is 23.2 Å². The van der Waals surface area contributed by atoms with E-state index in [0.717, 1.165) is 0 Å². The van der Waals surface area contributed by atoms with Crippen LogP contribution in [0.4, 0.5) is 0 Å². The summed E-state index contributed by atoms with van der Waals surface area (Å²) in [4.78, 5) is 17.5. The fraction of sp³-hybridized carbons (Fsp3) is 0.500. The number of halogens is 2. The van der Waals surface area contributed by atoms with Crippen molar-refractivity contribution < 1.29 is 9.90 Å². The average molecular weight is 291 g/mol. The molecule has 0 fully saturated rings. The molecule has 1 amide bonds. The van der Waals surface area contributed by atoms with Gasteiger partial charge in [-0.3, -0.25) is 4.79 Å². The number of carbonyl (C=O) groups is 1. The third-order valence-corrected chi connectivity index (χ3v) is 2.64. The summed E-state index contributed by atoms with van der Waals surface area (Å²) in [5.41, 5.74) is -0.585. The lowest BCUT2D eigenvalue weighted by molar-refractivity contribution is 0.0314. The number of aliphatic hydroxyl groups is 1. The Labute approximate surface area is 117 Å². The first-order chi connectivity index (χ1) is 8.23. The summed E-state index contributed by atoms with van der Waals surface area (Å²) >= 11 is 11.5. The van der Waals surface area contributed by atoms with Gasteiger partial charge in [0.1, 0.15) is 10.3 Å². The monoisotopic (exact) mass is 290 g/mol. The number of hydrogen-bond donors (Lipinski definition) is 1. The molecule has 0 aliphatic heterocycles. The van der Waals surface area contributed by atoms with Crippen molar-refractivity contribution in [3.63, 3.8) is 0 Å². The zero-order valence-corrected chi connectivity index (χ0v) is 12.1. The van der Waals surface area contributed by atoms with E-state index >= 15 is 0 Å². The molecule has 0 aliphatic rings. The van der Waals surface area contributed by atoms with Crippen LogP contribution in [0, 0.1) is 0 Å². The Morgan fingerprint density at radius 3 is 2.28 bits per heavy atom. The van der Waals surface area contributed by atoms with Crippen LogP contribution in [0.25, 0.3) is 0 Å². The highest BCUT2D eigenvalue weighted by molar-refractivity contribution is 6.33. The van der Waals surface area contributed by atoms with Crippen molar-refractivity contribution in [3.05, 3.63) is 28.0 Å². The number of amides is 1. The van der Waals surface area contributed by atoms with Crippen LogP contribution < -0.4 is 0 Å². The van der Waals surface area contributed by atoms with Gasteiger partial charge in [0.15, 0.2) is 0 Å². The molecule has 100 valence electrons. The Morgan fingerprint density at radius 1 is 1.39 bits per heavy atom. The van der Waals surface area contributed by atoms with Crippen molar-refractivity contribution in [1.82, 2.24) is 9.88 Å². The van der Waals surface area contributed by atoms with Crippen molar-refractivity contribution in [2.24, 2.45) is 0 Å². The Kier molecular flexibility index (Phi) is 4.96. The van der Waals surface area contributed by atoms with E-state index < -0.39 is 5.60 Å². The molecule has 0 saturated carbocycles. The van der Waals surface area contributed by atoms with E-state index in [0.29, 0.717) is 12.1 Å². The number of hydrogen-bond acceptors (Lipinski definition) is 3. The summed E-state index contributed by atoms with van der Waals surface area (Å²) in [5, 5.41) is 10.1. The first kappa shape index (κ1) is 15.2. The van der Waals surface area contributed by atoms with Crippen molar-refractivity contribution >= 4 is 29.1 Å². The lowest BCUT2D eigenvalue weighted by atomic mass is 10.1. The van der Waals surface area contributed by atoms with Gasteiger partial charge in [-0.2, -0.15) is 0 Å². The van der Waals surface area contributed by atoms with Gasteiger partial charge in [0.05, 0.1) is 5.60 Å². The molecule has 4 nitrogen and oxygen atoms in total. The van der Waals surface area contributed by atoms with Crippen LogP contribution in [0.3, 0.4) is 0 Å². The van der Waals surface area contributed by atoms with Crippen LogP contribution in [0.15, 0.2) is 12.1 Å². The highest BCUT2D eigenvalue weighted by Gasteiger charge is 2.22. The fourth-order valence-corrected chi connectivity index (χ4v) is 2.03. The molecule has 0 aliphatic carbocycles.